The molecule has 7 heavy (non-hydrogen) atoms. The third-order valence-electron chi connectivity index (χ3n) is 0.359. The zero-order valence-electron chi connectivity index (χ0n) is 4.06. The van der Waals surface area contributed by atoms with Crippen LogP contribution in [0.5, 0.6) is 0 Å². The van der Waals surface area contributed by atoms with E-state index in [0.717, 1.165) is 6.08 Å². The standard InChI is InChI=1S/C6H5O/c1-2-3-4-5-6-7/h2,5H,1H3. The van der Waals surface area contributed by atoms with Gasteiger partial charge in [-0.1, -0.05) is 11.5 Å². The van der Waals surface area contributed by atoms with Crippen molar-refractivity contribution in [2.45, 2.75) is 6.92 Å². The maximum atomic E-state index is 9.38. The Morgan fingerprint density at radius 2 is 2.14 bits per heavy atom. The van der Waals surface area contributed by atoms with Crippen molar-refractivity contribution in [1.29, 1.82) is 0 Å². The molecule has 0 N–H and O–H groups in total. The summed E-state index contributed by atoms with van der Waals surface area (Å²) in [6, 6.07) is 0. The summed E-state index contributed by atoms with van der Waals surface area (Å²) < 4.78 is 0. The Kier molecular flexibility index (Phi) is 4.24. The van der Waals surface area contributed by atoms with Gasteiger partial charge in [0.2, 0.25) is 6.29 Å². The molecular weight excluding hydrogens is 88.1 g/mol. The number of allylic oxidation sites excluding steroid dienone is 2. The summed E-state index contributed by atoms with van der Waals surface area (Å²) in [5.41, 5.74) is 4.99. The van der Waals surface area contributed by atoms with Crippen molar-refractivity contribution < 1.29 is 4.79 Å². The van der Waals surface area contributed by atoms with Gasteiger partial charge in [-0.25, -0.2) is 0 Å². The van der Waals surface area contributed by atoms with E-state index < -0.39 is 0 Å². The molecule has 1 radical (unpaired) electrons. The molecule has 0 rings (SSSR count). The van der Waals surface area contributed by atoms with Crippen molar-refractivity contribution in [3.05, 3.63) is 23.6 Å². The molecule has 0 aromatic rings. The Morgan fingerprint density at radius 3 is 2.57 bits per heavy atom. The molecule has 0 saturated carbocycles. The fourth-order valence-electron chi connectivity index (χ4n) is 0.154. The van der Waals surface area contributed by atoms with Gasteiger partial charge < -0.3 is 0 Å². The van der Waals surface area contributed by atoms with E-state index >= 15 is 0 Å². The second kappa shape index (κ2) is 4.97. The monoisotopic (exact) mass is 93.0 g/mol. The van der Waals surface area contributed by atoms with Gasteiger partial charge in [0.25, 0.3) is 0 Å². The van der Waals surface area contributed by atoms with Crippen LogP contribution in [-0.4, -0.2) is 6.29 Å². The summed E-state index contributed by atoms with van der Waals surface area (Å²) in [5.74, 6) is 0. The minimum Gasteiger partial charge on any atom is -0.285 e. The first kappa shape index (κ1) is 5.97. The molecule has 0 aliphatic rings. The fraction of sp³-hybridized carbons (Fsp3) is 0.167. The zero-order valence-corrected chi connectivity index (χ0v) is 4.06. The first-order valence-electron chi connectivity index (χ1n) is 1.90. The summed E-state index contributed by atoms with van der Waals surface area (Å²) in [5, 5.41) is 0. The first-order chi connectivity index (χ1) is 3.41. The van der Waals surface area contributed by atoms with E-state index in [2.05, 4.69) is 11.5 Å². The molecule has 0 fully saturated rings. The molecule has 0 bridgehead atoms. The number of rotatable bonds is 1. The molecule has 0 aliphatic carbocycles. The summed E-state index contributed by atoms with van der Waals surface area (Å²) in [4.78, 5) is 9.38. The van der Waals surface area contributed by atoms with Gasteiger partial charge >= 0.3 is 0 Å². The molecule has 0 aromatic carbocycles. The van der Waals surface area contributed by atoms with Crippen LogP contribution in [0.4, 0.5) is 0 Å². The molecule has 1 heteroatoms. The van der Waals surface area contributed by atoms with Crippen molar-refractivity contribution in [2.24, 2.45) is 0 Å². The van der Waals surface area contributed by atoms with Gasteiger partial charge in [-0.2, -0.15) is 0 Å². The summed E-state index contributed by atoms with van der Waals surface area (Å²) in [7, 11) is 0. The van der Waals surface area contributed by atoms with Crippen LogP contribution < -0.4 is 0 Å². The molecule has 0 spiro atoms. The fourth-order valence-corrected chi connectivity index (χ4v) is 0.154. The molecule has 35 valence electrons. The van der Waals surface area contributed by atoms with Crippen LogP contribution in [-0.2, 0) is 4.79 Å². The van der Waals surface area contributed by atoms with Crippen molar-refractivity contribution in [3.8, 4) is 0 Å². The number of hydrogen-bond acceptors (Lipinski definition) is 1. The first-order valence-corrected chi connectivity index (χ1v) is 1.90. The molecule has 0 saturated heterocycles. The van der Waals surface area contributed by atoms with Crippen LogP contribution in [0.15, 0.2) is 23.6 Å². The minimum absolute atomic E-state index is 1.14. The molecule has 0 atom stereocenters. The third kappa shape index (κ3) is 4.97. The molecule has 0 heterocycles. The van der Waals surface area contributed by atoms with Crippen LogP contribution >= 0.6 is 0 Å². The van der Waals surface area contributed by atoms with E-state index in [-0.39, 0.29) is 0 Å². The lowest BCUT2D eigenvalue weighted by atomic mass is 10.6. The van der Waals surface area contributed by atoms with Gasteiger partial charge in [0.1, 0.15) is 0 Å². The third-order valence-corrected chi connectivity index (χ3v) is 0.359. The lowest BCUT2D eigenvalue weighted by Crippen LogP contribution is -1.47. The predicted molar refractivity (Wildman–Crippen MR) is 27.5 cm³/mol. The molecular formula is C6H5O. The smallest absolute Gasteiger partial charge is 0.234 e. The lowest BCUT2D eigenvalue weighted by molar-refractivity contribution is 0.564. The summed E-state index contributed by atoms with van der Waals surface area (Å²) in [6.45, 7) is 1.80. The van der Waals surface area contributed by atoms with E-state index in [9.17, 15) is 4.79 Å². The van der Waals surface area contributed by atoms with Gasteiger partial charge in [0, 0.05) is 6.08 Å². The zero-order chi connectivity index (χ0) is 5.54. The summed E-state index contributed by atoms with van der Waals surface area (Å²) >= 11 is 0. The number of carbonyl (C=O) groups excluding carboxylic acids is 1. The molecule has 1 nitrogen and oxygen atoms in total. The van der Waals surface area contributed by atoms with Crippen LogP contribution in [0, 0.1) is 0 Å². The molecule has 0 aromatic heterocycles. The highest BCUT2D eigenvalue weighted by Crippen LogP contribution is 1.56. The van der Waals surface area contributed by atoms with Gasteiger partial charge in [0.05, 0.1) is 0 Å². The van der Waals surface area contributed by atoms with Crippen molar-refractivity contribution in [2.75, 3.05) is 0 Å². The maximum absolute atomic E-state index is 9.38. The van der Waals surface area contributed by atoms with E-state index in [1.807, 2.05) is 0 Å². The highest BCUT2D eigenvalue weighted by Gasteiger charge is 1.51. The van der Waals surface area contributed by atoms with Gasteiger partial charge in [0.15, 0.2) is 0 Å². The highest BCUT2D eigenvalue weighted by molar-refractivity contribution is 5.65. The van der Waals surface area contributed by atoms with Gasteiger partial charge in [-0.3, -0.25) is 4.79 Å². The second-order valence-electron chi connectivity index (χ2n) is 0.840. The van der Waals surface area contributed by atoms with E-state index in [1.54, 1.807) is 13.0 Å². The quantitative estimate of drug-likeness (QED) is 0.349. The SMILES string of the molecule is CC=C=C=C[C]=O. The highest BCUT2D eigenvalue weighted by atomic mass is 16.1. The normalized spacial score (nSPS) is 5.29. The Morgan fingerprint density at radius 1 is 1.43 bits per heavy atom. The minimum atomic E-state index is 1.14. The van der Waals surface area contributed by atoms with Gasteiger partial charge in [-0.05, 0) is 13.0 Å². The average molecular weight is 93.1 g/mol. The van der Waals surface area contributed by atoms with Crippen LogP contribution in [0.3, 0.4) is 0 Å². The molecule has 0 aliphatic heterocycles. The van der Waals surface area contributed by atoms with Gasteiger partial charge in [-0.15, -0.1) is 0 Å². The second-order valence-corrected chi connectivity index (χ2v) is 0.840. The van der Waals surface area contributed by atoms with Crippen LogP contribution in [0.2, 0.25) is 0 Å². The molecule has 0 unspecified atom stereocenters. The van der Waals surface area contributed by atoms with Crippen LogP contribution in [0.1, 0.15) is 6.92 Å². The topological polar surface area (TPSA) is 17.1 Å². The largest absolute Gasteiger partial charge is 0.285 e. The Hall–Kier alpha value is -1.03. The van der Waals surface area contributed by atoms with Crippen molar-refractivity contribution >= 4 is 6.29 Å². The average Bonchev–Trinajstić information content (AvgIpc) is 1.69. The van der Waals surface area contributed by atoms with E-state index in [0.29, 0.717) is 0 Å². The van der Waals surface area contributed by atoms with Crippen LogP contribution in [0.25, 0.3) is 0 Å². The number of hydrogen-bond donors (Lipinski definition) is 0. The van der Waals surface area contributed by atoms with Crippen molar-refractivity contribution in [3.63, 3.8) is 0 Å². The van der Waals surface area contributed by atoms with Crippen molar-refractivity contribution in [1.82, 2.24) is 0 Å². The lowest BCUT2D eigenvalue weighted by Gasteiger charge is -1.47. The Balaban J connectivity index is 3.88. The Labute approximate surface area is 42.7 Å². The maximum Gasteiger partial charge on any atom is 0.234 e. The predicted octanol–water partition coefficient (Wildman–Crippen LogP) is 0.982. The van der Waals surface area contributed by atoms with E-state index in [1.165, 1.54) is 6.29 Å². The van der Waals surface area contributed by atoms with E-state index in [4.69, 9.17) is 0 Å². The Bertz CT molecular complexity index is 132. The summed E-state index contributed by atoms with van der Waals surface area (Å²) in [6.07, 6.45) is 4.33. The molecule has 0 amide bonds.